The number of nitrogens with zero attached hydrogens (tertiary/aromatic N) is 3. The average Bonchev–Trinajstić information content (AvgIpc) is 2.51. The van der Waals surface area contributed by atoms with Gasteiger partial charge in [0.15, 0.2) is 0 Å². The number of fused-ring (bicyclic) bond motifs is 1. The van der Waals surface area contributed by atoms with Crippen LogP contribution < -0.4 is 10.9 Å². The van der Waals surface area contributed by atoms with Crippen molar-refractivity contribution >= 4 is 27.7 Å². The number of pyridine rings is 1. The fourth-order valence-electron chi connectivity index (χ4n) is 2.89. The molecule has 3 heterocycles. The van der Waals surface area contributed by atoms with Crippen molar-refractivity contribution < 1.29 is 4.21 Å². The first-order valence-corrected chi connectivity index (χ1v) is 8.48. The van der Waals surface area contributed by atoms with Crippen molar-refractivity contribution in [2.45, 2.75) is 18.8 Å². The van der Waals surface area contributed by atoms with E-state index in [4.69, 9.17) is 0 Å². The fourth-order valence-corrected chi connectivity index (χ4v) is 4.19. The normalized spacial score (nSPS) is 22.4. The van der Waals surface area contributed by atoms with Crippen LogP contribution in [-0.2, 0) is 17.8 Å². The van der Waals surface area contributed by atoms with Gasteiger partial charge < -0.3 is 5.32 Å². The van der Waals surface area contributed by atoms with Crippen LogP contribution in [0.5, 0.6) is 0 Å². The third kappa shape index (κ3) is 2.46. The summed E-state index contributed by atoms with van der Waals surface area (Å²) in [4.78, 5) is 21.0. The van der Waals surface area contributed by atoms with Crippen molar-refractivity contribution in [1.82, 2.24) is 14.5 Å². The number of aryl methyl sites for hydroxylation is 1. The molecule has 0 bridgehead atoms. The molecular formula is C14H18N4O2S. The fraction of sp³-hybridized carbons (Fsp3) is 0.500. The van der Waals surface area contributed by atoms with Gasteiger partial charge in [0.25, 0.3) is 5.56 Å². The van der Waals surface area contributed by atoms with E-state index in [1.54, 1.807) is 18.7 Å². The summed E-state index contributed by atoms with van der Waals surface area (Å²) in [6.07, 6.45) is 3.06. The van der Waals surface area contributed by atoms with Crippen molar-refractivity contribution in [3.05, 3.63) is 28.3 Å². The van der Waals surface area contributed by atoms with E-state index in [0.29, 0.717) is 17.2 Å². The van der Waals surface area contributed by atoms with Crippen LogP contribution >= 0.6 is 0 Å². The average molecular weight is 306 g/mol. The molecule has 1 N–H and O–H groups in total. The smallest absolute Gasteiger partial charge is 0.255 e. The van der Waals surface area contributed by atoms with Crippen LogP contribution in [0.2, 0.25) is 0 Å². The van der Waals surface area contributed by atoms with Gasteiger partial charge in [-0.2, -0.15) is 0 Å². The van der Waals surface area contributed by atoms with E-state index in [-0.39, 0.29) is 11.5 Å². The molecule has 0 spiro atoms. The van der Waals surface area contributed by atoms with Gasteiger partial charge >= 0.3 is 0 Å². The van der Waals surface area contributed by atoms with E-state index in [1.807, 2.05) is 6.07 Å². The maximum Gasteiger partial charge on any atom is 0.255 e. The highest BCUT2D eigenvalue weighted by atomic mass is 32.2. The first-order valence-electron chi connectivity index (χ1n) is 6.99. The lowest BCUT2D eigenvalue weighted by atomic mass is 9.94. The van der Waals surface area contributed by atoms with Crippen LogP contribution in [0.3, 0.4) is 0 Å². The predicted molar refractivity (Wildman–Crippen MR) is 84.2 cm³/mol. The Kier molecular flexibility index (Phi) is 3.75. The summed E-state index contributed by atoms with van der Waals surface area (Å²) in [6, 6.07) is 1.91. The second kappa shape index (κ2) is 5.55. The second-order valence-electron chi connectivity index (χ2n) is 5.30. The predicted octanol–water partition coefficient (Wildman–Crippen LogP) is 0.996. The number of aromatic nitrogens is 3. The molecule has 0 amide bonds. The Hall–Kier alpha value is -1.76. The lowest BCUT2D eigenvalue weighted by Gasteiger charge is -2.22. The minimum atomic E-state index is -0.726. The SMILES string of the molecule is CNc1ncnc2c1cc(C1CCS(=O)CC1)c(=O)n2C. The van der Waals surface area contributed by atoms with Crippen LogP contribution in [-0.4, -0.2) is 37.3 Å². The molecule has 0 radical (unpaired) electrons. The molecule has 21 heavy (non-hydrogen) atoms. The summed E-state index contributed by atoms with van der Waals surface area (Å²) >= 11 is 0. The van der Waals surface area contributed by atoms with E-state index in [0.717, 1.165) is 29.6 Å². The van der Waals surface area contributed by atoms with Crippen LogP contribution in [0.15, 0.2) is 17.2 Å². The molecule has 6 nitrogen and oxygen atoms in total. The Morgan fingerprint density at radius 1 is 1.33 bits per heavy atom. The second-order valence-corrected chi connectivity index (χ2v) is 6.99. The van der Waals surface area contributed by atoms with E-state index >= 15 is 0 Å². The van der Waals surface area contributed by atoms with Crippen molar-refractivity contribution in [2.75, 3.05) is 23.9 Å². The maximum absolute atomic E-state index is 12.6. The molecule has 2 aromatic heterocycles. The zero-order valence-corrected chi connectivity index (χ0v) is 12.9. The molecule has 1 fully saturated rings. The van der Waals surface area contributed by atoms with Crippen molar-refractivity contribution in [3.63, 3.8) is 0 Å². The van der Waals surface area contributed by atoms with Gasteiger partial charge in [0.05, 0.1) is 5.39 Å². The van der Waals surface area contributed by atoms with Gasteiger partial charge in [-0.3, -0.25) is 13.6 Å². The van der Waals surface area contributed by atoms with E-state index in [9.17, 15) is 9.00 Å². The van der Waals surface area contributed by atoms with Gasteiger partial charge in [0, 0.05) is 42.0 Å². The molecule has 2 aromatic rings. The van der Waals surface area contributed by atoms with Crippen molar-refractivity contribution in [1.29, 1.82) is 0 Å². The third-order valence-electron chi connectivity index (χ3n) is 4.10. The summed E-state index contributed by atoms with van der Waals surface area (Å²) < 4.78 is 13.1. The molecule has 1 saturated heterocycles. The zero-order valence-electron chi connectivity index (χ0n) is 12.1. The minimum Gasteiger partial charge on any atom is -0.372 e. The summed E-state index contributed by atoms with van der Waals surface area (Å²) in [5.74, 6) is 2.25. The summed E-state index contributed by atoms with van der Waals surface area (Å²) in [5, 5.41) is 3.89. The maximum atomic E-state index is 12.6. The zero-order chi connectivity index (χ0) is 15.0. The van der Waals surface area contributed by atoms with Gasteiger partial charge in [-0.15, -0.1) is 0 Å². The topological polar surface area (TPSA) is 76.9 Å². The third-order valence-corrected chi connectivity index (χ3v) is 5.48. The summed E-state index contributed by atoms with van der Waals surface area (Å²) in [7, 11) is 2.81. The first-order chi connectivity index (χ1) is 10.1. The molecule has 7 heteroatoms. The highest BCUT2D eigenvalue weighted by Gasteiger charge is 2.23. The van der Waals surface area contributed by atoms with Gasteiger partial charge in [-0.05, 0) is 24.8 Å². The monoisotopic (exact) mass is 306 g/mol. The van der Waals surface area contributed by atoms with E-state index in [2.05, 4.69) is 15.3 Å². The Bertz CT molecular complexity index is 761. The van der Waals surface area contributed by atoms with Crippen LogP contribution in [0.25, 0.3) is 11.0 Å². The Labute approximate surface area is 125 Å². The molecular weight excluding hydrogens is 288 g/mol. The Balaban J connectivity index is 2.17. The molecule has 0 atom stereocenters. The van der Waals surface area contributed by atoms with E-state index < -0.39 is 10.8 Å². The van der Waals surface area contributed by atoms with Crippen LogP contribution in [0.4, 0.5) is 5.82 Å². The Morgan fingerprint density at radius 3 is 2.71 bits per heavy atom. The lowest BCUT2D eigenvalue weighted by molar-refractivity contribution is 0.596. The largest absolute Gasteiger partial charge is 0.372 e. The summed E-state index contributed by atoms with van der Waals surface area (Å²) in [5.41, 5.74) is 1.40. The van der Waals surface area contributed by atoms with Crippen LogP contribution in [0, 0.1) is 0 Å². The lowest BCUT2D eigenvalue weighted by Crippen LogP contribution is -2.27. The number of anilines is 1. The van der Waals surface area contributed by atoms with Gasteiger partial charge in [0.1, 0.15) is 17.8 Å². The van der Waals surface area contributed by atoms with E-state index in [1.165, 1.54) is 6.33 Å². The molecule has 0 aliphatic carbocycles. The molecule has 0 aromatic carbocycles. The van der Waals surface area contributed by atoms with Crippen molar-refractivity contribution in [2.24, 2.45) is 7.05 Å². The highest BCUT2D eigenvalue weighted by molar-refractivity contribution is 7.85. The summed E-state index contributed by atoms with van der Waals surface area (Å²) in [6.45, 7) is 0. The quantitative estimate of drug-likeness (QED) is 0.895. The molecule has 0 saturated carbocycles. The molecule has 1 aliphatic heterocycles. The number of nitrogens with one attached hydrogen (secondary N) is 1. The first kappa shape index (κ1) is 14.2. The number of rotatable bonds is 2. The van der Waals surface area contributed by atoms with Gasteiger partial charge in [0.2, 0.25) is 0 Å². The van der Waals surface area contributed by atoms with Gasteiger partial charge in [-0.1, -0.05) is 0 Å². The molecule has 3 rings (SSSR count). The van der Waals surface area contributed by atoms with Crippen LogP contribution in [0.1, 0.15) is 24.3 Å². The standard InChI is InChI=1S/C14H18N4O2S/c1-15-12-11-7-10(9-3-5-21(20)6-4-9)14(19)18(2)13(11)17-8-16-12/h7-9H,3-6H2,1-2H3,(H,15,16,17). The van der Waals surface area contributed by atoms with Crippen molar-refractivity contribution in [3.8, 4) is 0 Å². The molecule has 1 aliphatic rings. The number of hydrogen-bond donors (Lipinski definition) is 1. The van der Waals surface area contributed by atoms with Gasteiger partial charge in [-0.25, -0.2) is 9.97 Å². The molecule has 112 valence electrons. The molecule has 0 unspecified atom stereocenters. The highest BCUT2D eigenvalue weighted by Crippen LogP contribution is 2.28. The minimum absolute atomic E-state index is 0.0130. The number of hydrogen-bond acceptors (Lipinski definition) is 5. The Morgan fingerprint density at radius 2 is 2.05 bits per heavy atom.